The molecular weight excluding hydrogens is 272 g/mol. The number of aromatic carboxylic acids is 1. The van der Waals surface area contributed by atoms with Crippen molar-refractivity contribution in [2.75, 3.05) is 25.1 Å². The number of carboxylic acid groups (broad SMARTS) is 1. The second kappa shape index (κ2) is 7.08. The van der Waals surface area contributed by atoms with Gasteiger partial charge in [-0.2, -0.15) is 0 Å². The molecule has 6 nitrogen and oxygen atoms in total. The van der Waals surface area contributed by atoms with E-state index in [1.807, 2.05) is 0 Å². The number of nitrogens with one attached hydrogen (secondary N) is 2. The molecule has 2 rings (SSSR count). The smallest absolute Gasteiger partial charge is 0.337 e. The van der Waals surface area contributed by atoms with Crippen molar-refractivity contribution in [3.8, 4) is 0 Å². The Morgan fingerprint density at radius 2 is 2.24 bits per heavy atom. The van der Waals surface area contributed by atoms with Gasteiger partial charge in [-0.05, 0) is 37.8 Å². The van der Waals surface area contributed by atoms with Gasteiger partial charge in [0, 0.05) is 19.8 Å². The molecule has 6 heteroatoms. The molecule has 1 saturated heterocycles. The summed E-state index contributed by atoms with van der Waals surface area (Å²) in [7, 11) is 0. The molecule has 0 radical (unpaired) electrons. The largest absolute Gasteiger partial charge is 0.478 e. The van der Waals surface area contributed by atoms with Crippen LogP contribution in [0.2, 0.25) is 0 Å². The highest BCUT2D eigenvalue weighted by atomic mass is 16.5. The first kappa shape index (κ1) is 15.3. The lowest BCUT2D eigenvalue weighted by Gasteiger charge is -2.12. The number of rotatable bonds is 5. The second-order valence-corrected chi connectivity index (χ2v) is 5.25. The minimum atomic E-state index is -1.06. The quantitative estimate of drug-likeness (QED) is 0.776. The van der Waals surface area contributed by atoms with Crippen LogP contribution in [0.3, 0.4) is 0 Å². The number of benzene rings is 1. The third-order valence-electron chi connectivity index (χ3n) is 3.52. The SMILES string of the molecule is Cc1ccc(NC(=O)NCCC2CCOC2)c(C(=O)O)c1. The molecule has 0 aliphatic carbocycles. The monoisotopic (exact) mass is 292 g/mol. The Kier molecular flexibility index (Phi) is 5.16. The van der Waals surface area contributed by atoms with Crippen LogP contribution < -0.4 is 10.6 Å². The van der Waals surface area contributed by atoms with Crippen molar-refractivity contribution in [2.24, 2.45) is 5.92 Å². The Morgan fingerprint density at radius 3 is 2.90 bits per heavy atom. The molecular formula is C15H20N2O4. The summed E-state index contributed by atoms with van der Waals surface area (Å²) in [4.78, 5) is 23.0. The number of hydrogen-bond acceptors (Lipinski definition) is 3. The number of anilines is 1. The Labute approximate surface area is 123 Å². The van der Waals surface area contributed by atoms with Gasteiger partial charge in [0.05, 0.1) is 11.3 Å². The summed E-state index contributed by atoms with van der Waals surface area (Å²) in [6.45, 7) is 3.90. The minimum absolute atomic E-state index is 0.0920. The van der Waals surface area contributed by atoms with Gasteiger partial charge in [-0.1, -0.05) is 11.6 Å². The van der Waals surface area contributed by atoms with E-state index in [-0.39, 0.29) is 11.6 Å². The highest BCUT2D eigenvalue weighted by Gasteiger charge is 2.16. The number of hydrogen-bond donors (Lipinski definition) is 3. The highest BCUT2D eigenvalue weighted by molar-refractivity contribution is 6.00. The molecule has 1 unspecified atom stereocenters. The lowest BCUT2D eigenvalue weighted by molar-refractivity contribution is 0.0698. The number of carboxylic acids is 1. The van der Waals surface area contributed by atoms with Crippen LogP contribution in [-0.4, -0.2) is 36.9 Å². The highest BCUT2D eigenvalue weighted by Crippen LogP contribution is 2.18. The summed E-state index contributed by atoms with van der Waals surface area (Å²) in [6, 6.07) is 4.51. The fraction of sp³-hybridized carbons (Fsp3) is 0.467. The summed E-state index contributed by atoms with van der Waals surface area (Å²) in [5.74, 6) is -0.559. The van der Waals surface area contributed by atoms with E-state index in [9.17, 15) is 9.59 Å². The van der Waals surface area contributed by atoms with E-state index in [2.05, 4.69) is 10.6 Å². The molecule has 1 aliphatic heterocycles. The van der Waals surface area contributed by atoms with Crippen molar-refractivity contribution in [3.05, 3.63) is 29.3 Å². The lowest BCUT2D eigenvalue weighted by Crippen LogP contribution is -2.31. The first-order valence-corrected chi connectivity index (χ1v) is 7.03. The summed E-state index contributed by atoms with van der Waals surface area (Å²) in [6.07, 6.45) is 1.90. The van der Waals surface area contributed by atoms with Crippen LogP contribution in [0.25, 0.3) is 0 Å². The third-order valence-corrected chi connectivity index (χ3v) is 3.52. The molecule has 1 aromatic rings. The molecule has 1 atom stereocenters. The van der Waals surface area contributed by atoms with Crippen LogP contribution >= 0.6 is 0 Å². The molecule has 0 spiro atoms. The molecule has 0 bridgehead atoms. The number of ether oxygens (including phenoxy) is 1. The molecule has 114 valence electrons. The molecule has 1 heterocycles. The van der Waals surface area contributed by atoms with Crippen LogP contribution in [0.15, 0.2) is 18.2 Å². The van der Waals surface area contributed by atoms with E-state index in [4.69, 9.17) is 9.84 Å². The maximum absolute atomic E-state index is 11.8. The van der Waals surface area contributed by atoms with Crippen LogP contribution in [0.5, 0.6) is 0 Å². The van der Waals surface area contributed by atoms with Crippen LogP contribution in [0, 0.1) is 12.8 Å². The van der Waals surface area contributed by atoms with Crippen LogP contribution in [-0.2, 0) is 4.74 Å². The first-order chi connectivity index (χ1) is 10.1. The van der Waals surface area contributed by atoms with Gasteiger partial charge < -0.3 is 20.5 Å². The van der Waals surface area contributed by atoms with Crippen molar-refractivity contribution in [3.63, 3.8) is 0 Å². The Morgan fingerprint density at radius 1 is 1.43 bits per heavy atom. The van der Waals surface area contributed by atoms with Crippen LogP contribution in [0.1, 0.15) is 28.8 Å². The molecule has 0 saturated carbocycles. The minimum Gasteiger partial charge on any atom is -0.478 e. The Bertz CT molecular complexity index is 524. The van der Waals surface area contributed by atoms with Gasteiger partial charge in [0.1, 0.15) is 0 Å². The molecule has 21 heavy (non-hydrogen) atoms. The average Bonchev–Trinajstić information content (AvgIpc) is 2.94. The zero-order chi connectivity index (χ0) is 15.2. The van der Waals surface area contributed by atoms with E-state index in [0.717, 1.165) is 31.6 Å². The first-order valence-electron chi connectivity index (χ1n) is 7.03. The van der Waals surface area contributed by atoms with Gasteiger partial charge in [0.2, 0.25) is 0 Å². The van der Waals surface area contributed by atoms with Gasteiger partial charge in [-0.15, -0.1) is 0 Å². The standard InChI is InChI=1S/C15H20N2O4/c1-10-2-3-13(12(8-10)14(18)19)17-15(20)16-6-4-11-5-7-21-9-11/h2-3,8,11H,4-7,9H2,1H3,(H,18,19)(H2,16,17,20). The lowest BCUT2D eigenvalue weighted by atomic mass is 10.1. The van der Waals surface area contributed by atoms with Crippen LogP contribution in [0.4, 0.5) is 10.5 Å². The van der Waals surface area contributed by atoms with Gasteiger partial charge in [0.25, 0.3) is 0 Å². The van der Waals surface area contributed by atoms with E-state index in [0.29, 0.717) is 18.2 Å². The van der Waals surface area contributed by atoms with Gasteiger partial charge in [0.15, 0.2) is 0 Å². The third kappa shape index (κ3) is 4.46. The van der Waals surface area contributed by atoms with Crippen molar-refractivity contribution >= 4 is 17.7 Å². The number of urea groups is 1. The molecule has 1 fully saturated rings. The topological polar surface area (TPSA) is 87.7 Å². The van der Waals surface area contributed by atoms with E-state index >= 15 is 0 Å². The maximum Gasteiger partial charge on any atom is 0.337 e. The summed E-state index contributed by atoms with van der Waals surface area (Å²) in [5, 5.41) is 14.5. The predicted molar refractivity (Wildman–Crippen MR) is 78.7 cm³/mol. The number of carbonyl (C=O) groups excluding carboxylic acids is 1. The number of carbonyl (C=O) groups is 2. The van der Waals surface area contributed by atoms with E-state index in [1.54, 1.807) is 19.1 Å². The number of aryl methyl sites for hydroxylation is 1. The van der Waals surface area contributed by atoms with E-state index < -0.39 is 5.97 Å². The van der Waals surface area contributed by atoms with Crippen molar-refractivity contribution < 1.29 is 19.4 Å². The zero-order valence-corrected chi connectivity index (χ0v) is 12.0. The Balaban J connectivity index is 1.85. The van der Waals surface area contributed by atoms with Crippen molar-refractivity contribution in [1.29, 1.82) is 0 Å². The average molecular weight is 292 g/mol. The summed E-state index contributed by atoms with van der Waals surface area (Å²) in [5.41, 5.74) is 1.23. The predicted octanol–water partition coefficient (Wildman–Crippen LogP) is 2.24. The summed E-state index contributed by atoms with van der Waals surface area (Å²) < 4.78 is 5.27. The maximum atomic E-state index is 11.8. The summed E-state index contributed by atoms with van der Waals surface area (Å²) >= 11 is 0. The van der Waals surface area contributed by atoms with E-state index in [1.165, 1.54) is 6.07 Å². The van der Waals surface area contributed by atoms with Gasteiger partial charge >= 0.3 is 12.0 Å². The fourth-order valence-electron chi connectivity index (χ4n) is 2.31. The molecule has 3 N–H and O–H groups in total. The molecule has 0 aromatic heterocycles. The second-order valence-electron chi connectivity index (χ2n) is 5.25. The Hall–Kier alpha value is -2.08. The molecule has 1 aromatic carbocycles. The van der Waals surface area contributed by atoms with Gasteiger partial charge in [-0.25, -0.2) is 9.59 Å². The zero-order valence-electron chi connectivity index (χ0n) is 12.0. The van der Waals surface area contributed by atoms with Crippen molar-refractivity contribution in [1.82, 2.24) is 5.32 Å². The van der Waals surface area contributed by atoms with Gasteiger partial charge in [-0.3, -0.25) is 0 Å². The fourth-order valence-corrected chi connectivity index (χ4v) is 2.31. The number of amides is 2. The normalized spacial score (nSPS) is 17.5. The molecule has 1 aliphatic rings. The molecule has 2 amide bonds. The van der Waals surface area contributed by atoms with Crippen molar-refractivity contribution in [2.45, 2.75) is 19.8 Å².